The molecule has 1 aliphatic heterocycles. The number of aromatic nitrogens is 1. The molecular formula is C20H17N3OS. The van der Waals surface area contributed by atoms with Crippen molar-refractivity contribution in [3.63, 3.8) is 0 Å². The van der Waals surface area contributed by atoms with Crippen molar-refractivity contribution in [3.8, 4) is 0 Å². The number of benzene rings is 2. The van der Waals surface area contributed by atoms with Gasteiger partial charge in [0.25, 0.3) is 5.91 Å². The van der Waals surface area contributed by atoms with Gasteiger partial charge in [0.2, 0.25) is 0 Å². The molecule has 0 radical (unpaired) electrons. The lowest BCUT2D eigenvalue weighted by Gasteiger charge is -1.96. The van der Waals surface area contributed by atoms with E-state index in [0.29, 0.717) is 10.1 Å². The number of carbonyl (C=O) groups excluding carboxylic acids is 1. The molecule has 0 bridgehead atoms. The Morgan fingerprint density at radius 1 is 1.12 bits per heavy atom. The molecule has 1 fully saturated rings. The highest BCUT2D eigenvalue weighted by Crippen LogP contribution is 2.30. The van der Waals surface area contributed by atoms with E-state index in [1.165, 1.54) is 17.3 Å². The standard InChI is InChI=1S/C20H17N3OS/c1-13-7-9-15(10-8-13)21-20-22-19(24)18(25-20)11-14-12-23(2)17-6-4-3-5-16(14)17/h3-12H,1-2H3,(H,21,22,24). The first-order valence-electron chi connectivity index (χ1n) is 8.00. The smallest absolute Gasteiger partial charge is 0.264 e. The van der Waals surface area contributed by atoms with Gasteiger partial charge in [0.15, 0.2) is 5.17 Å². The minimum Gasteiger partial charge on any atom is -0.350 e. The molecule has 2 aromatic carbocycles. The number of aryl methyl sites for hydroxylation is 2. The van der Waals surface area contributed by atoms with Gasteiger partial charge in [0, 0.05) is 29.7 Å². The number of carbonyl (C=O) groups is 1. The molecule has 4 nitrogen and oxygen atoms in total. The Morgan fingerprint density at radius 2 is 1.88 bits per heavy atom. The zero-order chi connectivity index (χ0) is 17.4. The molecule has 1 N–H and O–H groups in total. The number of fused-ring (bicyclic) bond motifs is 1. The van der Waals surface area contributed by atoms with Gasteiger partial charge in [-0.1, -0.05) is 35.9 Å². The van der Waals surface area contributed by atoms with Gasteiger partial charge in [0.1, 0.15) is 0 Å². The Labute approximate surface area is 150 Å². The maximum Gasteiger partial charge on any atom is 0.264 e. The summed E-state index contributed by atoms with van der Waals surface area (Å²) >= 11 is 1.37. The van der Waals surface area contributed by atoms with Crippen LogP contribution in [0.3, 0.4) is 0 Å². The van der Waals surface area contributed by atoms with Crippen molar-refractivity contribution in [3.05, 3.63) is 70.8 Å². The van der Waals surface area contributed by atoms with Crippen molar-refractivity contribution in [2.24, 2.45) is 12.0 Å². The Kier molecular flexibility index (Phi) is 3.93. The molecule has 0 spiro atoms. The zero-order valence-corrected chi connectivity index (χ0v) is 14.8. The minimum absolute atomic E-state index is 0.108. The predicted molar refractivity (Wildman–Crippen MR) is 105 cm³/mol. The average Bonchev–Trinajstić information content (AvgIpc) is 3.11. The normalized spacial score (nSPS) is 17.6. The molecule has 3 aromatic rings. The summed E-state index contributed by atoms with van der Waals surface area (Å²) in [7, 11) is 2.01. The second-order valence-electron chi connectivity index (χ2n) is 6.03. The summed E-state index contributed by atoms with van der Waals surface area (Å²) in [6, 6.07) is 16.1. The van der Waals surface area contributed by atoms with Crippen molar-refractivity contribution in [2.75, 3.05) is 0 Å². The molecule has 1 saturated heterocycles. The van der Waals surface area contributed by atoms with Gasteiger partial charge < -0.3 is 9.88 Å². The molecule has 124 valence electrons. The third-order valence-electron chi connectivity index (χ3n) is 4.13. The minimum atomic E-state index is -0.108. The SMILES string of the molecule is Cc1ccc(N=C2NC(=O)C(=Cc3cn(C)c4ccccc34)S2)cc1. The van der Waals surface area contributed by atoms with Crippen LogP contribution in [0.2, 0.25) is 0 Å². The molecule has 1 amide bonds. The molecular weight excluding hydrogens is 330 g/mol. The quantitative estimate of drug-likeness (QED) is 0.699. The topological polar surface area (TPSA) is 46.4 Å². The van der Waals surface area contributed by atoms with E-state index in [0.717, 1.165) is 22.2 Å². The van der Waals surface area contributed by atoms with Crippen LogP contribution in [0.1, 0.15) is 11.1 Å². The van der Waals surface area contributed by atoms with Crippen LogP contribution in [-0.2, 0) is 11.8 Å². The van der Waals surface area contributed by atoms with Crippen LogP contribution in [-0.4, -0.2) is 15.6 Å². The van der Waals surface area contributed by atoms with E-state index in [2.05, 4.69) is 27.0 Å². The van der Waals surface area contributed by atoms with Crippen LogP contribution in [0.5, 0.6) is 0 Å². The molecule has 4 rings (SSSR count). The van der Waals surface area contributed by atoms with E-state index < -0.39 is 0 Å². The van der Waals surface area contributed by atoms with E-state index in [4.69, 9.17) is 0 Å². The van der Waals surface area contributed by atoms with E-state index in [1.807, 2.05) is 62.6 Å². The number of aliphatic imine (C=N–C) groups is 1. The van der Waals surface area contributed by atoms with Gasteiger partial charge in [-0.2, -0.15) is 0 Å². The Bertz CT molecular complexity index is 1030. The maximum absolute atomic E-state index is 12.3. The zero-order valence-electron chi connectivity index (χ0n) is 14.0. The maximum atomic E-state index is 12.3. The summed E-state index contributed by atoms with van der Waals surface area (Å²) in [4.78, 5) is 17.5. The lowest BCUT2D eigenvalue weighted by molar-refractivity contribution is -0.115. The summed E-state index contributed by atoms with van der Waals surface area (Å²) in [5.74, 6) is -0.108. The molecule has 1 aromatic heterocycles. The van der Waals surface area contributed by atoms with Crippen LogP contribution in [0.15, 0.2) is 64.6 Å². The molecule has 0 saturated carbocycles. The Hall–Kier alpha value is -2.79. The number of nitrogens with one attached hydrogen (secondary N) is 1. The summed E-state index contributed by atoms with van der Waals surface area (Å²) < 4.78 is 2.07. The fourth-order valence-electron chi connectivity index (χ4n) is 2.85. The van der Waals surface area contributed by atoms with Gasteiger partial charge in [-0.3, -0.25) is 4.79 Å². The highest BCUT2D eigenvalue weighted by molar-refractivity contribution is 8.18. The first-order chi connectivity index (χ1) is 12.1. The van der Waals surface area contributed by atoms with E-state index in [1.54, 1.807) is 0 Å². The van der Waals surface area contributed by atoms with Gasteiger partial charge >= 0.3 is 0 Å². The molecule has 2 heterocycles. The first-order valence-corrected chi connectivity index (χ1v) is 8.82. The van der Waals surface area contributed by atoms with Crippen molar-refractivity contribution < 1.29 is 4.79 Å². The number of amidine groups is 1. The van der Waals surface area contributed by atoms with E-state index >= 15 is 0 Å². The van der Waals surface area contributed by atoms with Gasteiger partial charge in [0.05, 0.1) is 10.6 Å². The summed E-state index contributed by atoms with van der Waals surface area (Å²) in [6.45, 7) is 2.04. The van der Waals surface area contributed by atoms with Crippen LogP contribution < -0.4 is 5.32 Å². The highest BCUT2D eigenvalue weighted by Gasteiger charge is 2.24. The molecule has 25 heavy (non-hydrogen) atoms. The number of para-hydroxylation sites is 1. The predicted octanol–water partition coefficient (Wildman–Crippen LogP) is 4.38. The van der Waals surface area contributed by atoms with Crippen LogP contribution >= 0.6 is 11.8 Å². The molecule has 1 aliphatic rings. The lowest BCUT2D eigenvalue weighted by Crippen LogP contribution is -2.19. The average molecular weight is 347 g/mol. The lowest BCUT2D eigenvalue weighted by atomic mass is 10.1. The number of hydrogen-bond donors (Lipinski definition) is 1. The monoisotopic (exact) mass is 347 g/mol. The number of rotatable bonds is 2. The number of hydrogen-bond acceptors (Lipinski definition) is 3. The number of nitrogens with zero attached hydrogens (tertiary/aromatic N) is 2. The van der Waals surface area contributed by atoms with E-state index in [-0.39, 0.29) is 5.91 Å². The largest absolute Gasteiger partial charge is 0.350 e. The molecule has 0 unspecified atom stereocenters. The number of thioether (sulfide) groups is 1. The fourth-order valence-corrected chi connectivity index (χ4v) is 3.68. The summed E-state index contributed by atoms with van der Waals surface area (Å²) in [5, 5.41) is 4.59. The van der Waals surface area contributed by atoms with Crippen LogP contribution in [0.4, 0.5) is 5.69 Å². The van der Waals surface area contributed by atoms with Gasteiger partial charge in [-0.15, -0.1) is 0 Å². The second-order valence-corrected chi connectivity index (χ2v) is 7.06. The van der Waals surface area contributed by atoms with Crippen LogP contribution in [0.25, 0.3) is 17.0 Å². The van der Waals surface area contributed by atoms with Crippen molar-refractivity contribution in [1.82, 2.24) is 9.88 Å². The third-order valence-corrected chi connectivity index (χ3v) is 5.04. The van der Waals surface area contributed by atoms with Crippen LogP contribution in [0, 0.1) is 6.92 Å². The molecule has 0 atom stereocenters. The van der Waals surface area contributed by atoms with E-state index in [9.17, 15) is 4.79 Å². The molecule has 5 heteroatoms. The fraction of sp³-hybridized carbons (Fsp3) is 0.100. The van der Waals surface area contributed by atoms with Crippen molar-refractivity contribution >= 4 is 45.5 Å². The third kappa shape index (κ3) is 3.10. The molecule has 0 aliphatic carbocycles. The summed E-state index contributed by atoms with van der Waals surface area (Å²) in [6.07, 6.45) is 3.97. The first kappa shape index (κ1) is 15.7. The van der Waals surface area contributed by atoms with Gasteiger partial charge in [-0.05, 0) is 43.0 Å². The Morgan fingerprint density at radius 3 is 2.68 bits per heavy atom. The highest BCUT2D eigenvalue weighted by atomic mass is 32.2. The van der Waals surface area contributed by atoms with Gasteiger partial charge in [-0.25, -0.2) is 4.99 Å². The number of amides is 1. The summed E-state index contributed by atoms with van der Waals surface area (Å²) in [5.41, 5.74) is 4.20. The second kappa shape index (κ2) is 6.26. The Balaban J connectivity index is 1.66. The van der Waals surface area contributed by atoms with Crippen molar-refractivity contribution in [1.29, 1.82) is 0 Å². The van der Waals surface area contributed by atoms with Crippen molar-refractivity contribution in [2.45, 2.75) is 6.92 Å².